The van der Waals surface area contributed by atoms with Gasteiger partial charge >= 0.3 is 0 Å². The Hall–Kier alpha value is -2.11. The minimum Gasteiger partial charge on any atom is -0.497 e. The molecule has 0 amide bonds. The number of rotatable bonds is 7. The highest BCUT2D eigenvalue weighted by atomic mass is 16.5. The van der Waals surface area contributed by atoms with E-state index in [2.05, 4.69) is 41.8 Å². The fourth-order valence-corrected chi connectivity index (χ4v) is 3.29. The first-order valence-corrected chi connectivity index (χ1v) is 8.78. The van der Waals surface area contributed by atoms with E-state index in [0.29, 0.717) is 0 Å². The molecule has 5 nitrogen and oxygen atoms in total. The molecule has 25 heavy (non-hydrogen) atoms. The van der Waals surface area contributed by atoms with Crippen LogP contribution in [0.3, 0.4) is 0 Å². The van der Waals surface area contributed by atoms with Crippen LogP contribution in [-0.2, 0) is 24.2 Å². The first kappa shape index (κ1) is 17.7. The van der Waals surface area contributed by atoms with Gasteiger partial charge < -0.3 is 9.47 Å². The van der Waals surface area contributed by atoms with E-state index in [-0.39, 0.29) is 6.10 Å². The molecule has 5 heteroatoms. The number of ether oxygens (including phenoxy) is 2. The van der Waals surface area contributed by atoms with E-state index in [1.165, 1.54) is 11.1 Å². The third kappa shape index (κ3) is 4.71. The van der Waals surface area contributed by atoms with Gasteiger partial charge in [-0.25, -0.2) is 0 Å². The molecule has 0 aliphatic carbocycles. The van der Waals surface area contributed by atoms with Gasteiger partial charge in [-0.1, -0.05) is 18.2 Å². The summed E-state index contributed by atoms with van der Waals surface area (Å²) in [7, 11) is 1.70. The molecular weight excluding hydrogens is 314 g/mol. The molecule has 0 spiro atoms. The highest BCUT2D eigenvalue weighted by Crippen LogP contribution is 2.18. The summed E-state index contributed by atoms with van der Waals surface area (Å²) in [6.07, 6.45) is 5.12. The lowest BCUT2D eigenvalue weighted by atomic mass is 10.1. The molecular formula is C20H27N3O2. The number of hydrogen-bond acceptors (Lipinski definition) is 4. The molecule has 2 heterocycles. The number of methoxy groups -OCH3 is 1. The Morgan fingerprint density at radius 1 is 1.44 bits per heavy atom. The van der Waals surface area contributed by atoms with Crippen molar-refractivity contribution in [1.29, 1.82) is 0 Å². The Morgan fingerprint density at radius 3 is 3.12 bits per heavy atom. The largest absolute Gasteiger partial charge is 0.497 e. The molecule has 1 atom stereocenters. The van der Waals surface area contributed by atoms with Gasteiger partial charge in [-0.2, -0.15) is 5.10 Å². The Labute approximate surface area is 149 Å². The number of aromatic nitrogens is 2. The molecule has 0 unspecified atom stereocenters. The van der Waals surface area contributed by atoms with E-state index in [0.717, 1.165) is 50.7 Å². The van der Waals surface area contributed by atoms with Crippen molar-refractivity contribution in [3.05, 3.63) is 59.9 Å². The lowest BCUT2D eigenvalue weighted by Gasteiger charge is -2.33. The molecule has 1 aliphatic rings. The number of morpholine rings is 1. The summed E-state index contributed by atoms with van der Waals surface area (Å²) in [6.45, 7) is 10.2. The smallest absolute Gasteiger partial charge is 0.119 e. The summed E-state index contributed by atoms with van der Waals surface area (Å²) in [4.78, 5) is 2.45. The zero-order valence-electron chi connectivity index (χ0n) is 15.1. The summed E-state index contributed by atoms with van der Waals surface area (Å²) in [5.74, 6) is 0.899. The summed E-state index contributed by atoms with van der Waals surface area (Å²) >= 11 is 0. The zero-order valence-corrected chi connectivity index (χ0v) is 15.1. The molecule has 0 N–H and O–H groups in total. The number of aryl methyl sites for hydroxylation is 1. The number of allylic oxidation sites excluding steroid dienone is 1. The fourth-order valence-electron chi connectivity index (χ4n) is 3.29. The third-order valence-corrected chi connectivity index (χ3v) is 4.58. The Kier molecular flexibility index (Phi) is 5.89. The van der Waals surface area contributed by atoms with Crippen molar-refractivity contribution in [2.75, 3.05) is 26.8 Å². The van der Waals surface area contributed by atoms with Crippen molar-refractivity contribution in [1.82, 2.24) is 14.7 Å². The van der Waals surface area contributed by atoms with Crippen LogP contribution in [0, 0.1) is 6.92 Å². The van der Waals surface area contributed by atoms with Crippen molar-refractivity contribution >= 4 is 0 Å². The summed E-state index contributed by atoms with van der Waals surface area (Å²) < 4.78 is 13.2. The lowest BCUT2D eigenvalue weighted by Crippen LogP contribution is -2.42. The molecule has 2 aromatic rings. The van der Waals surface area contributed by atoms with Crippen LogP contribution in [-0.4, -0.2) is 47.6 Å². The molecule has 0 saturated carbocycles. The van der Waals surface area contributed by atoms with E-state index in [1.807, 2.05) is 22.9 Å². The lowest BCUT2D eigenvalue weighted by molar-refractivity contribution is -0.0305. The van der Waals surface area contributed by atoms with E-state index >= 15 is 0 Å². The Bertz CT molecular complexity index is 711. The van der Waals surface area contributed by atoms with Crippen LogP contribution in [0.5, 0.6) is 5.75 Å². The van der Waals surface area contributed by atoms with Crippen molar-refractivity contribution in [2.24, 2.45) is 0 Å². The summed E-state index contributed by atoms with van der Waals surface area (Å²) in [5.41, 5.74) is 3.63. The predicted molar refractivity (Wildman–Crippen MR) is 98.9 cm³/mol. The van der Waals surface area contributed by atoms with Gasteiger partial charge in [0.2, 0.25) is 0 Å². The van der Waals surface area contributed by atoms with Crippen LogP contribution in [0.1, 0.15) is 16.8 Å². The average molecular weight is 341 g/mol. The highest BCUT2D eigenvalue weighted by Gasteiger charge is 2.22. The monoisotopic (exact) mass is 341 g/mol. The summed E-state index contributed by atoms with van der Waals surface area (Å²) in [6, 6.07) is 8.23. The second kappa shape index (κ2) is 8.32. The molecule has 1 fully saturated rings. The summed E-state index contributed by atoms with van der Waals surface area (Å²) in [5, 5.41) is 4.55. The molecule has 0 radical (unpaired) electrons. The third-order valence-electron chi connectivity index (χ3n) is 4.58. The van der Waals surface area contributed by atoms with Crippen molar-refractivity contribution < 1.29 is 9.47 Å². The maximum Gasteiger partial charge on any atom is 0.119 e. The highest BCUT2D eigenvalue weighted by molar-refractivity contribution is 5.29. The van der Waals surface area contributed by atoms with Gasteiger partial charge in [-0.3, -0.25) is 9.58 Å². The van der Waals surface area contributed by atoms with Crippen LogP contribution < -0.4 is 4.74 Å². The molecule has 1 aromatic carbocycles. The SMILES string of the molecule is C=CCn1cc(CN2CCO[C@H](Cc3cccc(OC)c3)C2)c(C)n1. The van der Waals surface area contributed by atoms with Gasteiger partial charge in [0.25, 0.3) is 0 Å². The quantitative estimate of drug-likeness (QED) is 0.726. The van der Waals surface area contributed by atoms with Crippen molar-refractivity contribution in [2.45, 2.75) is 32.5 Å². The van der Waals surface area contributed by atoms with Gasteiger partial charge in [-0.05, 0) is 24.6 Å². The minimum atomic E-state index is 0.212. The number of hydrogen-bond donors (Lipinski definition) is 0. The maximum absolute atomic E-state index is 5.98. The van der Waals surface area contributed by atoms with E-state index in [4.69, 9.17) is 9.47 Å². The second-order valence-corrected chi connectivity index (χ2v) is 6.53. The molecule has 3 rings (SSSR count). The first-order valence-electron chi connectivity index (χ1n) is 8.78. The topological polar surface area (TPSA) is 39.5 Å². The normalized spacial score (nSPS) is 18.2. The maximum atomic E-state index is 5.98. The molecule has 134 valence electrons. The van der Waals surface area contributed by atoms with Crippen LogP contribution in [0.15, 0.2) is 43.1 Å². The van der Waals surface area contributed by atoms with E-state index in [9.17, 15) is 0 Å². The fraction of sp³-hybridized carbons (Fsp3) is 0.450. The van der Waals surface area contributed by atoms with Gasteiger partial charge in [0.05, 0.1) is 32.1 Å². The van der Waals surface area contributed by atoms with Crippen LogP contribution in [0.2, 0.25) is 0 Å². The molecule has 1 saturated heterocycles. The van der Waals surface area contributed by atoms with E-state index < -0.39 is 0 Å². The van der Waals surface area contributed by atoms with Crippen LogP contribution in [0.4, 0.5) is 0 Å². The average Bonchev–Trinajstić information content (AvgIpc) is 2.95. The van der Waals surface area contributed by atoms with E-state index in [1.54, 1.807) is 7.11 Å². The molecule has 1 aromatic heterocycles. The molecule has 0 bridgehead atoms. The Balaban J connectivity index is 1.60. The van der Waals surface area contributed by atoms with Crippen molar-refractivity contribution in [3.63, 3.8) is 0 Å². The van der Waals surface area contributed by atoms with Crippen molar-refractivity contribution in [3.8, 4) is 5.75 Å². The second-order valence-electron chi connectivity index (χ2n) is 6.53. The van der Waals surface area contributed by atoms with Crippen LogP contribution in [0.25, 0.3) is 0 Å². The standard InChI is InChI=1S/C20H27N3O2/c1-4-8-23-14-18(16(2)21-23)13-22-9-10-25-20(15-22)12-17-6-5-7-19(11-17)24-3/h4-7,11,14,20H,1,8-10,12-13,15H2,2-3H3/t20-/m1/s1. The number of benzene rings is 1. The predicted octanol–water partition coefficient (Wildman–Crippen LogP) is 2.83. The number of nitrogens with zero attached hydrogens (tertiary/aromatic N) is 3. The van der Waals surface area contributed by atoms with Gasteiger partial charge in [0.1, 0.15) is 5.75 Å². The zero-order chi connectivity index (χ0) is 17.6. The van der Waals surface area contributed by atoms with Gasteiger partial charge in [0.15, 0.2) is 0 Å². The van der Waals surface area contributed by atoms with Gasteiger partial charge in [-0.15, -0.1) is 6.58 Å². The van der Waals surface area contributed by atoms with Gasteiger partial charge in [0, 0.05) is 37.8 Å². The Morgan fingerprint density at radius 2 is 2.32 bits per heavy atom. The minimum absolute atomic E-state index is 0.212. The molecule has 1 aliphatic heterocycles. The van der Waals surface area contributed by atoms with Crippen LogP contribution >= 0.6 is 0 Å². The first-order chi connectivity index (χ1) is 12.2.